The molecule has 51 heavy (non-hydrogen) atoms. The van der Waals surface area contributed by atoms with Gasteiger partial charge in [-0.2, -0.15) is 0 Å². The summed E-state index contributed by atoms with van der Waals surface area (Å²) in [5.41, 5.74) is 1.04. The van der Waals surface area contributed by atoms with Gasteiger partial charge in [0.15, 0.2) is 12.2 Å². The third-order valence-corrected chi connectivity index (χ3v) is 8.05. The van der Waals surface area contributed by atoms with Crippen molar-refractivity contribution in [2.45, 2.75) is 76.3 Å². The fraction of sp³-hybridized carbons (Fsp3) is 0.359. The molecule has 4 rings (SSSR count). The Labute approximate surface area is 296 Å². The first kappa shape index (κ1) is 38.5. The van der Waals surface area contributed by atoms with Crippen molar-refractivity contribution >= 4 is 29.8 Å². The van der Waals surface area contributed by atoms with Gasteiger partial charge in [-0.15, -0.1) is 0 Å². The van der Waals surface area contributed by atoms with Crippen LogP contribution in [-0.2, 0) is 62.7 Å². The van der Waals surface area contributed by atoms with E-state index in [0.29, 0.717) is 0 Å². The van der Waals surface area contributed by atoms with Crippen LogP contribution in [0.5, 0.6) is 0 Å². The predicted molar refractivity (Wildman–Crippen MR) is 182 cm³/mol. The number of carbonyl (C=O) groups is 5. The summed E-state index contributed by atoms with van der Waals surface area (Å²) >= 11 is 0. The molecule has 0 aromatic heterocycles. The summed E-state index contributed by atoms with van der Waals surface area (Å²) in [7, 11) is 1.14. The number of hydrogen-bond donors (Lipinski definition) is 0. The Bertz CT molecular complexity index is 1540. The van der Waals surface area contributed by atoms with Gasteiger partial charge in [0.25, 0.3) is 0 Å². The first-order valence-corrected chi connectivity index (χ1v) is 16.7. The molecule has 1 heterocycles. The molecule has 0 radical (unpaired) electrons. The minimum atomic E-state index is -1.70. The molecule has 1 unspecified atom stereocenters. The number of carbonyl (C=O) groups excluding carboxylic acids is 5. The zero-order chi connectivity index (χ0) is 36.8. The fourth-order valence-corrected chi connectivity index (χ4v) is 5.55. The molecule has 1 aliphatic heterocycles. The van der Waals surface area contributed by atoms with E-state index in [2.05, 4.69) is 4.74 Å². The van der Waals surface area contributed by atoms with Gasteiger partial charge in [-0.3, -0.25) is 14.4 Å². The van der Waals surface area contributed by atoms with Crippen LogP contribution in [0.15, 0.2) is 103 Å². The third-order valence-electron chi connectivity index (χ3n) is 8.05. The average molecular weight is 703 g/mol. The molecule has 12 heteroatoms. The number of methoxy groups -OCH3 is 1. The summed E-state index contributed by atoms with van der Waals surface area (Å²) < 4.78 is 40.6. The quantitative estimate of drug-likeness (QED) is 0.0912. The van der Waals surface area contributed by atoms with Gasteiger partial charge in [0.1, 0.15) is 11.7 Å². The molecule has 3 aromatic rings. The third kappa shape index (κ3) is 9.68. The molecule has 0 aliphatic carbocycles. The van der Waals surface area contributed by atoms with Gasteiger partial charge in [-0.05, 0) is 16.7 Å². The predicted octanol–water partition coefficient (Wildman–Crippen LogP) is 4.96. The van der Waals surface area contributed by atoms with Gasteiger partial charge in [0.2, 0.25) is 12.4 Å². The lowest BCUT2D eigenvalue weighted by Crippen LogP contribution is -2.63. The molecule has 0 spiro atoms. The normalized spacial score (nSPS) is 20.2. The van der Waals surface area contributed by atoms with E-state index in [4.69, 9.17) is 28.4 Å². The van der Waals surface area contributed by atoms with Crippen LogP contribution in [0.3, 0.4) is 0 Å². The van der Waals surface area contributed by atoms with Crippen molar-refractivity contribution in [3.8, 4) is 0 Å². The Balaban J connectivity index is 1.85. The highest BCUT2D eigenvalue weighted by Gasteiger charge is 2.54. The lowest BCUT2D eigenvalue weighted by atomic mass is 9.80. The molecular weight excluding hydrogens is 660 g/mol. The maximum absolute atomic E-state index is 12.9. The number of rotatable bonds is 15. The van der Waals surface area contributed by atoms with Crippen LogP contribution in [-0.4, -0.2) is 74.3 Å². The van der Waals surface area contributed by atoms with Gasteiger partial charge < -0.3 is 33.2 Å². The van der Waals surface area contributed by atoms with Gasteiger partial charge in [0, 0.05) is 31.4 Å². The van der Waals surface area contributed by atoms with E-state index < -0.39 is 66.2 Å². The van der Waals surface area contributed by atoms with E-state index in [9.17, 15) is 24.0 Å². The summed E-state index contributed by atoms with van der Waals surface area (Å²) in [6.07, 6.45) is -5.97. The molecule has 1 aliphatic rings. The van der Waals surface area contributed by atoms with Crippen molar-refractivity contribution in [3.63, 3.8) is 0 Å². The van der Waals surface area contributed by atoms with Crippen molar-refractivity contribution in [3.05, 3.63) is 120 Å². The Kier molecular flexibility index (Phi) is 14.0. The van der Waals surface area contributed by atoms with Crippen LogP contribution in [0.4, 0.5) is 0 Å². The number of hydrogen-bond acceptors (Lipinski definition) is 12. The number of benzene rings is 3. The largest absolute Gasteiger partial charge is 0.466 e. The van der Waals surface area contributed by atoms with Crippen LogP contribution in [0.1, 0.15) is 56.7 Å². The highest BCUT2D eigenvalue weighted by Crippen LogP contribution is 2.41. The minimum Gasteiger partial charge on any atom is -0.466 e. The maximum atomic E-state index is 12.9. The Hall–Kier alpha value is -5.33. The maximum Gasteiger partial charge on any atom is 0.333 e. The van der Waals surface area contributed by atoms with Crippen molar-refractivity contribution in [1.82, 2.24) is 0 Å². The van der Waals surface area contributed by atoms with Crippen molar-refractivity contribution in [2.75, 3.05) is 13.7 Å². The van der Waals surface area contributed by atoms with Gasteiger partial charge >= 0.3 is 29.8 Å². The zero-order valence-corrected chi connectivity index (χ0v) is 28.9. The molecule has 1 fully saturated rings. The monoisotopic (exact) mass is 702 g/mol. The topological polar surface area (TPSA) is 150 Å². The van der Waals surface area contributed by atoms with Crippen LogP contribution in [0.2, 0.25) is 0 Å². The highest BCUT2D eigenvalue weighted by atomic mass is 16.7. The van der Waals surface area contributed by atoms with Crippen molar-refractivity contribution in [1.29, 1.82) is 0 Å². The van der Waals surface area contributed by atoms with Gasteiger partial charge in [-0.1, -0.05) is 112 Å². The summed E-state index contributed by atoms with van der Waals surface area (Å²) in [6, 6.07) is 28.4. The summed E-state index contributed by atoms with van der Waals surface area (Å²) in [6.45, 7) is 4.37. The second kappa shape index (κ2) is 18.6. The Morgan fingerprint density at radius 3 is 1.43 bits per heavy atom. The second-order valence-corrected chi connectivity index (χ2v) is 11.4. The summed E-state index contributed by atoms with van der Waals surface area (Å²) in [5, 5.41) is 0. The van der Waals surface area contributed by atoms with Crippen molar-refractivity contribution < 1.29 is 57.1 Å². The zero-order valence-electron chi connectivity index (χ0n) is 28.9. The average Bonchev–Trinajstić information content (AvgIpc) is 3.17. The molecular formula is C39H42O12. The first-order chi connectivity index (χ1) is 24.7. The fourth-order valence-electron chi connectivity index (χ4n) is 5.55. The SMILES string of the molecule is CCC(=O)O[C@H]1[C@H](OC(=O)CC)[C@@H](OC(=O)CC)C(OC(=O)/C=C/C(=O)OC)O[C@@H]1COC(c1ccccc1)(c1ccccc1)c1ccccc1. The Morgan fingerprint density at radius 1 is 0.588 bits per heavy atom. The molecule has 0 amide bonds. The highest BCUT2D eigenvalue weighted by molar-refractivity contribution is 5.91. The molecule has 270 valence electrons. The lowest BCUT2D eigenvalue weighted by Gasteiger charge is -2.45. The van der Waals surface area contributed by atoms with Crippen molar-refractivity contribution in [2.24, 2.45) is 0 Å². The Morgan fingerprint density at radius 2 is 1.00 bits per heavy atom. The van der Waals surface area contributed by atoms with E-state index in [1.165, 1.54) is 0 Å². The summed E-state index contributed by atoms with van der Waals surface area (Å²) in [4.78, 5) is 63.1. The molecule has 0 N–H and O–H groups in total. The molecule has 0 bridgehead atoms. The molecule has 5 atom stereocenters. The number of esters is 5. The van der Waals surface area contributed by atoms with Crippen LogP contribution in [0, 0.1) is 0 Å². The van der Waals surface area contributed by atoms with E-state index in [1.807, 2.05) is 91.0 Å². The minimum absolute atomic E-state index is 0.0450. The second-order valence-electron chi connectivity index (χ2n) is 11.4. The standard InChI is InChI=1S/C39H42O12/c1-5-30(40)48-35-29(25-46-39(26-17-11-8-12-18-26,27-19-13-9-14-20-27)28-21-15-10-16-22-28)47-38(51-34(44)24-23-33(43)45-4)37(50-32(42)7-3)36(35)49-31(41)6-2/h8-24,29,35-38H,5-7,25H2,1-4H3/b24-23+/t29-,35-,36+,37-,38?/m1/s1. The molecule has 0 saturated carbocycles. The summed E-state index contributed by atoms with van der Waals surface area (Å²) in [5.74, 6) is -3.99. The molecule has 3 aromatic carbocycles. The molecule has 12 nitrogen and oxygen atoms in total. The van der Waals surface area contributed by atoms with Crippen LogP contribution in [0.25, 0.3) is 0 Å². The first-order valence-electron chi connectivity index (χ1n) is 16.7. The van der Waals surface area contributed by atoms with E-state index in [1.54, 1.807) is 20.8 Å². The van der Waals surface area contributed by atoms with Gasteiger partial charge in [-0.25, -0.2) is 9.59 Å². The van der Waals surface area contributed by atoms with E-state index in [-0.39, 0.29) is 25.9 Å². The van der Waals surface area contributed by atoms with E-state index >= 15 is 0 Å². The van der Waals surface area contributed by atoms with Crippen LogP contribution < -0.4 is 0 Å². The smallest absolute Gasteiger partial charge is 0.333 e. The lowest BCUT2D eigenvalue weighted by molar-refractivity contribution is -0.303. The van der Waals surface area contributed by atoms with Gasteiger partial charge in [0.05, 0.1) is 13.7 Å². The van der Waals surface area contributed by atoms with Crippen LogP contribution >= 0.6 is 0 Å². The molecule has 1 saturated heterocycles. The van der Waals surface area contributed by atoms with E-state index in [0.717, 1.165) is 36.0 Å². The number of ether oxygens (including phenoxy) is 7.